The minimum absolute atomic E-state index is 0.126. The average Bonchev–Trinajstić information content (AvgIpc) is 2.87. The standard InChI is InChI=1S/C12H12FN3O2S/c1-7(19-3)14-12-16-15-11(18-12)8-4-5-9(13)10(6-8)17-2/h4-6H,1-3H3. The van der Waals surface area contributed by atoms with E-state index in [9.17, 15) is 4.39 Å². The van der Waals surface area contributed by atoms with Gasteiger partial charge >= 0.3 is 6.01 Å². The van der Waals surface area contributed by atoms with E-state index in [1.165, 1.54) is 31.0 Å². The van der Waals surface area contributed by atoms with E-state index in [0.29, 0.717) is 5.56 Å². The minimum Gasteiger partial charge on any atom is -0.494 e. The first-order valence-corrected chi connectivity index (χ1v) is 6.63. The van der Waals surface area contributed by atoms with Crippen LogP contribution in [-0.2, 0) is 0 Å². The monoisotopic (exact) mass is 281 g/mol. The predicted molar refractivity (Wildman–Crippen MR) is 72.5 cm³/mol. The number of hydrogen-bond donors (Lipinski definition) is 0. The molecule has 0 amide bonds. The molecule has 0 fully saturated rings. The zero-order valence-electron chi connectivity index (χ0n) is 10.7. The molecule has 2 aromatic rings. The largest absolute Gasteiger partial charge is 0.494 e. The lowest BCUT2D eigenvalue weighted by atomic mass is 10.2. The molecular weight excluding hydrogens is 269 g/mol. The number of rotatable bonds is 3. The van der Waals surface area contributed by atoms with E-state index in [-0.39, 0.29) is 17.7 Å². The van der Waals surface area contributed by atoms with Crippen LogP contribution in [-0.4, -0.2) is 28.6 Å². The van der Waals surface area contributed by atoms with Gasteiger partial charge in [-0.05, 0) is 31.4 Å². The molecule has 0 spiro atoms. The second-order valence-corrected chi connectivity index (χ2v) is 4.57. The van der Waals surface area contributed by atoms with Gasteiger partial charge in [-0.15, -0.1) is 16.9 Å². The van der Waals surface area contributed by atoms with Gasteiger partial charge in [-0.1, -0.05) is 5.10 Å². The van der Waals surface area contributed by atoms with Crippen molar-refractivity contribution in [1.29, 1.82) is 0 Å². The normalized spacial score (nSPS) is 11.7. The quantitative estimate of drug-likeness (QED) is 0.638. The molecule has 0 aliphatic carbocycles. The van der Waals surface area contributed by atoms with Gasteiger partial charge in [0.25, 0.3) is 0 Å². The number of aromatic nitrogens is 2. The lowest BCUT2D eigenvalue weighted by Crippen LogP contribution is -1.88. The second-order valence-electron chi connectivity index (χ2n) is 3.57. The number of nitrogens with zero attached hydrogens (tertiary/aromatic N) is 3. The fourth-order valence-electron chi connectivity index (χ4n) is 1.35. The highest BCUT2D eigenvalue weighted by molar-refractivity contribution is 8.13. The summed E-state index contributed by atoms with van der Waals surface area (Å²) < 4.78 is 23.6. The van der Waals surface area contributed by atoms with Crippen LogP contribution in [0.4, 0.5) is 10.4 Å². The first-order valence-electron chi connectivity index (χ1n) is 5.40. The van der Waals surface area contributed by atoms with Crippen molar-refractivity contribution < 1.29 is 13.5 Å². The van der Waals surface area contributed by atoms with E-state index in [0.717, 1.165) is 5.04 Å². The van der Waals surface area contributed by atoms with E-state index < -0.39 is 5.82 Å². The smallest absolute Gasteiger partial charge is 0.343 e. The van der Waals surface area contributed by atoms with E-state index in [2.05, 4.69) is 15.2 Å². The van der Waals surface area contributed by atoms with E-state index >= 15 is 0 Å². The van der Waals surface area contributed by atoms with Crippen LogP contribution in [0.3, 0.4) is 0 Å². The molecule has 5 nitrogen and oxygen atoms in total. The summed E-state index contributed by atoms with van der Waals surface area (Å²) in [7, 11) is 1.40. The van der Waals surface area contributed by atoms with Crippen molar-refractivity contribution in [3.8, 4) is 17.2 Å². The Labute approximate surface area is 113 Å². The number of methoxy groups -OCH3 is 1. The summed E-state index contributed by atoms with van der Waals surface area (Å²) in [6, 6.07) is 4.50. The number of thioether (sulfide) groups is 1. The lowest BCUT2D eigenvalue weighted by molar-refractivity contribution is 0.386. The Morgan fingerprint density at radius 1 is 1.42 bits per heavy atom. The van der Waals surface area contributed by atoms with Gasteiger partial charge in [0, 0.05) is 5.56 Å². The molecule has 0 saturated carbocycles. The Kier molecular flexibility index (Phi) is 4.16. The van der Waals surface area contributed by atoms with Gasteiger partial charge < -0.3 is 9.15 Å². The third-order valence-corrected chi connectivity index (χ3v) is 3.04. The topological polar surface area (TPSA) is 60.5 Å². The molecule has 1 heterocycles. The minimum atomic E-state index is -0.442. The Balaban J connectivity index is 2.33. The van der Waals surface area contributed by atoms with Crippen molar-refractivity contribution in [3.63, 3.8) is 0 Å². The van der Waals surface area contributed by atoms with Crippen molar-refractivity contribution >= 4 is 22.8 Å². The summed E-state index contributed by atoms with van der Waals surface area (Å²) in [4.78, 5) is 4.12. The van der Waals surface area contributed by atoms with Gasteiger partial charge in [-0.25, -0.2) is 4.39 Å². The maximum absolute atomic E-state index is 13.3. The zero-order chi connectivity index (χ0) is 13.8. The molecule has 0 unspecified atom stereocenters. The van der Waals surface area contributed by atoms with Gasteiger partial charge in [0.2, 0.25) is 5.89 Å². The zero-order valence-corrected chi connectivity index (χ0v) is 11.5. The van der Waals surface area contributed by atoms with Crippen LogP contribution in [0.15, 0.2) is 27.6 Å². The van der Waals surface area contributed by atoms with E-state index in [1.54, 1.807) is 6.07 Å². The SMILES string of the molecule is COc1cc(-c2nnc(N=C(C)SC)o2)ccc1F. The maximum atomic E-state index is 13.3. The molecule has 0 N–H and O–H groups in total. The molecule has 0 saturated heterocycles. The highest BCUT2D eigenvalue weighted by Gasteiger charge is 2.11. The predicted octanol–water partition coefficient (Wildman–Crippen LogP) is 3.30. The maximum Gasteiger partial charge on any atom is 0.343 e. The van der Waals surface area contributed by atoms with Crippen LogP contribution < -0.4 is 4.74 Å². The molecule has 100 valence electrons. The molecule has 1 aromatic carbocycles. The van der Waals surface area contributed by atoms with Crippen molar-refractivity contribution in [3.05, 3.63) is 24.0 Å². The Morgan fingerprint density at radius 3 is 2.89 bits per heavy atom. The second kappa shape index (κ2) is 5.83. The number of halogens is 1. The Hall–Kier alpha value is -1.89. The van der Waals surface area contributed by atoms with Gasteiger partial charge in [-0.2, -0.15) is 4.99 Å². The van der Waals surface area contributed by atoms with Crippen molar-refractivity contribution in [2.45, 2.75) is 6.92 Å². The fraction of sp³-hybridized carbons (Fsp3) is 0.250. The first kappa shape index (κ1) is 13.5. The third kappa shape index (κ3) is 3.11. The van der Waals surface area contributed by atoms with Crippen LogP contribution in [0.2, 0.25) is 0 Å². The van der Waals surface area contributed by atoms with Gasteiger partial charge in [0.05, 0.1) is 12.2 Å². The summed E-state index contributed by atoms with van der Waals surface area (Å²) >= 11 is 1.49. The van der Waals surface area contributed by atoms with Crippen molar-refractivity contribution in [2.24, 2.45) is 4.99 Å². The molecule has 0 aliphatic heterocycles. The van der Waals surface area contributed by atoms with E-state index in [4.69, 9.17) is 9.15 Å². The molecule has 7 heteroatoms. The summed E-state index contributed by atoms with van der Waals surface area (Å²) in [5.74, 6) is -0.0470. The van der Waals surface area contributed by atoms with Gasteiger partial charge in [0.15, 0.2) is 11.6 Å². The number of aliphatic imine (C=N–C) groups is 1. The van der Waals surface area contributed by atoms with Gasteiger partial charge in [-0.3, -0.25) is 0 Å². The third-order valence-electron chi connectivity index (χ3n) is 2.36. The lowest BCUT2D eigenvalue weighted by Gasteiger charge is -2.02. The van der Waals surface area contributed by atoms with Crippen LogP contribution in [0.5, 0.6) is 5.75 Å². The summed E-state index contributed by atoms with van der Waals surface area (Å²) in [5, 5.41) is 8.49. The molecule has 0 bridgehead atoms. The average molecular weight is 281 g/mol. The summed E-state index contributed by atoms with van der Waals surface area (Å²) in [6.07, 6.45) is 1.90. The van der Waals surface area contributed by atoms with Crippen LogP contribution in [0, 0.1) is 5.82 Å². The molecule has 0 aliphatic rings. The molecular formula is C12H12FN3O2S. The van der Waals surface area contributed by atoms with Crippen molar-refractivity contribution in [1.82, 2.24) is 10.2 Å². The Morgan fingerprint density at radius 2 is 2.21 bits per heavy atom. The summed E-state index contributed by atoms with van der Waals surface area (Å²) in [6.45, 7) is 1.84. The van der Waals surface area contributed by atoms with E-state index in [1.807, 2.05) is 13.2 Å². The van der Waals surface area contributed by atoms with Crippen LogP contribution >= 0.6 is 11.8 Å². The highest BCUT2D eigenvalue weighted by Crippen LogP contribution is 2.27. The molecule has 19 heavy (non-hydrogen) atoms. The highest BCUT2D eigenvalue weighted by atomic mass is 32.2. The van der Waals surface area contributed by atoms with Crippen molar-refractivity contribution in [2.75, 3.05) is 13.4 Å². The molecule has 2 rings (SSSR count). The van der Waals surface area contributed by atoms with Gasteiger partial charge in [0.1, 0.15) is 0 Å². The number of ether oxygens (including phenoxy) is 1. The molecule has 0 atom stereocenters. The van der Waals surface area contributed by atoms with Crippen LogP contribution in [0.25, 0.3) is 11.5 Å². The summed E-state index contributed by atoms with van der Waals surface area (Å²) in [5.41, 5.74) is 0.578. The first-order chi connectivity index (χ1) is 9.13. The number of benzene rings is 1. The Bertz CT molecular complexity index is 613. The fourth-order valence-corrected chi connectivity index (χ4v) is 1.52. The van der Waals surface area contributed by atoms with Crippen LogP contribution in [0.1, 0.15) is 6.92 Å². The molecule has 1 aromatic heterocycles. The number of hydrogen-bond acceptors (Lipinski definition) is 6. The molecule has 0 radical (unpaired) electrons.